The van der Waals surface area contributed by atoms with Crippen molar-refractivity contribution in [3.63, 3.8) is 0 Å². The SMILES string of the molecule is COC(=O)c1cc(Br)cc(NC(=O)Cc2ccccc2)c1. The number of anilines is 1. The minimum Gasteiger partial charge on any atom is -0.465 e. The molecule has 5 heteroatoms. The minimum absolute atomic E-state index is 0.143. The van der Waals surface area contributed by atoms with Crippen LogP contribution in [0.25, 0.3) is 0 Å². The van der Waals surface area contributed by atoms with Crippen LogP contribution in [0.2, 0.25) is 0 Å². The second-order valence-corrected chi connectivity index (χ2v) is 5.35. The van der Waals surface area contributed by atoms with Crippen molar-refractivity contribution < 1.29 is 14.3 Å². The zero-order valence-corrected chi connectivity index (χ0v) is 13.0. The fourth-order valence-corrected chi connectivity index (χ4v) is 2.38. The molecule has 0 bridgehead atoms. The Bertz CT molecular complexity index is 656. The Morgan fingerprint density at radius 1 is 1.14 bits per heavy atom. The van der Waals surface area contributed by atoms with Gasteiger partial charge in [-0.2, -0.15) is 0 Å². The normalized spacial score (nSPS) is 10.0. The molecular formula is C16H14BrNO3. The van der Waals surface area contributed by atoms with Crippen LogP contribution in [0.1, 0.15) is 15.9 Å². The molecule has 1 amide bonds. The van der Waals surface area contributed by atoms with Crippen LogP contribution in [0.4, 0.5) is 5.69 Å². The van der Waals surface area contributed by atoms with Gasteiger partial charge in [0.25, 0.3) is 0 Å². The predicted octanol–water partition coefficient (Wildman–Crippen LogP) is 3.42. The van der Waals surface area contributed by atoms with Crippen LogP contribution < -0.4 is 5.32 Å². The standard InChI is InChI=1S/C16H14BrNO3/c1-21-16(20)12-8-13(17)10-14(9-12)18-15(19)7-11-5-3-2-4-6-11/h2-6,8-10H,7H2,1H3,(H,18,19). The third kappa shape index (κ3) is 4.43. The van der Waals surface area contributed by atoms with Gasteiger partial charge in [-0.3, -0.25) is 4.79 Å². The zero-order valence-electron chi connectivity index (χ0n) is 11.4. The number of hydrogen-bond acceptors (Lipinski definition) is 3. The third-order valence-electron chi connectivity index (χ3n) is 2.81. The fourth-order valence-electron chi connectivity index (χ4n) is 1.88. The number of hydrogen-bond donors (Lipinski definition) is 1. The Kier molecular flexibility index (Phi) is 5.11. The fraction of sp³-hybridized carbons (Fsp3) is 0.125. The number of benzene rings is 2. The van der Waals surface area contributed by atoms with E-state index in [0.29, 0.717) is 15.7 Å². The first kappa shape index (κ1) is 15.3. The zero-order chi connectivity index (χ0) is 15.2. The van der Waals surface area contributed by atoms with Gasteiger partial charge in [0.1, 0.15) is 0 Å². The van der Waals surface area contributed by atoms with Crippen molar-refractivity contribution in [2.75, 3.05) is 12.4 Å². The highest BCUT2D eigenvalue weighted by molar-refractivity contribution is 9.10. The number of carbonyl (C=O) groups is 2. The quantitative estimate of drug-likeness (QED) is 0.862. The number of rotatable bonds is 4. The first-order chi connectivity index (χ1) is 10.1. The summed E-state index contributed by atoms with van der Waals surface area (Å²) in [7, 11) is 1.32. The van der Waals surface area contributed by atoms with E-state index in [1.165, 1.54) is 7.11 Å². The summed E-state index contributed by atoms with van der Waals surface area (Å²) in [4.78, 5) is 23.5. The molecule has 0 aromatic heterocycles. The third-order valence-corrected chi connectivity index (χ3v) is 3.27. The van der Waals surface area contributed by atoms with Crippen molar-refractivity contribution >= 4 is 33.5 Å². The molecule has 2 rings (SSSR count). The maximum Gasteiger partial charge on any atom is 0.337 e. The summed E-state index contributed by atoms with van der Waals surface area (Å²) in [5, 5.41) is 2.77. The van der Waals surface area contributed by atoms with Crippen molar-refractivity contribution in [1.82, 2.24) is 0 Å². The van der Waals surface area contributed by atoms with Gasteiger partial charge in [-0.05, 0) is 23.8 Å². The van der Waals surface area contributed by atoms with Gasteiger partial charge in [0, 0.05) is 10.2 Å². The largest absolute Gasteiger partial charge is 0.465 e. The molecule has 0 aliphatic carbocycles. The molecule has 108 valence electrons. The summed E-state index contributed by atoms with van der Waals surface area (Å²) in [5.41, 5.74) is 1.85. The predicted molar refractivity (Wildman–Crippen MR) is 84.3 cm³/mol. The average Bonchev–Trinajstić information content (AvgIpc) is 2.46. The highest BCUT2D eigenvalue weighted by Gasteiger charge is 2.10. The van der Waals surface area contributed by atoms with Gasteiger partial charge < -0.3 is 10.1 Å². The maximum atomic E-state index is 12.0. The lowest BCUT2D eigenvalue weighted by molar-refractivity contribution is -0.115. The minimum atomic E-state index is -0.449. The van der Waals surface area contributed by atoms with Crippen LogP contribution in [-0.2, 0) is 16.0 Å². The van der Waals surface area contributed by atoms with E-state index in [1.54, 1.807) is 18.2 Å². The molecule has 2 aromatic carbocycles. The highest BCUT2D eigenvalue weighted by atomic mass is 79.9. The lowest BCUT2D eigenvalue weighted by Gasteiger charge is -2.08. The van der Waals surface area contributed by atoms with Gasteiger partial charge in [-0.1, -0.05) is 46.3 Å². The molecular weight excluding hydrogens is 334 g/mol. The van der Waals surface area contributed by atoms with Crippen molar-refractivity contribution in [2.45, 2.75) is 6.42 Å². The Labute approximate surface area is 131 Å². The van der Waals surface area contributed by atoms with Gasteiger partial charge in [0.05, 0.1) is 19.1 Å². The molecule has 0 unspecified atom stereocenters. The summed E-state index contributed by atoms with van der Waals surface area (Å²) in [6.07, 6.45) is 0.279. The number of methoxy groups -OCH3 is 1. The molecule has 21 heavy (non-hydrogen) atoms. The van der Waals surface area contributed by atoms with Crippen LogP contribution in [0.15, 0.2) is 53.0 Å². The molecule has 0 saturated heterocycles. The van der Waals surface area contributed by atoms with E-state index in [2.05, 4.69) is 26.0 Å². The van der Waals surface area contributed by atoms with Gasteiger partial charge in [-0.25, -0.2) is 4.79 Å². The molecule has 0 radical (unpaired) electrons. The summed E-state index contributed by atoms with van der Waals surface area (Å²) >= 11 is 3.31. The van der Waals surface area contributed by atoms with Crippen molar-refractivity contribution in [3.05, 3.63) is 64.1 Å². The van der Waals surface area contributed by atoms with E-state index in [1.807, 2.05) is 30.3 Å². The molecule has 0 heterocycles. The highest BCUT2D eigenvalue weighted by Crippen LogP contribution is 2.20. The Hall–Kier alpha value is -2.14. The summed E-state index contributed by atoms with van der Waals surface area (Å²) in [5.74, 6) is -0.593. The Morgan fingerprint density at radius 3 is 2.52 bits per heavy atom. The van der Waals surface area contributed by atoms with Crippen molar-refractivity contribution in [3.8, 4) is 0 Å². The monoisotopic (exact) mass is 347 g/mol. The molecule has 0 fully saturated rings. The molecule has 0 spiro atoms. The molecule has 4 nitrogen and oxygen atoms in total. The summed E-state index contributed by atoms with van der Waals surface area (Å²) < 4.78 is 5.37. The Balaban J connectivity index is 2.10. The first-order valence-electron chi connectivity index (χ1n) is 6.31. The van der Waals surface area contributed by atoms with Crippen LogP contribution in [0.5, 0.6) is 0 Å². The average molecular weight is 348 g/mol. The molecule has 1 N–H and O–H groups in total. The second kappa shape index (κ2) is 7.04. The molecule has 2 aromatic rings. The lowest BCUT2D eigenvalue weighted by atomic mass is 10.1. The van der Waals surface area contributed by atoms with E-state index >= 15 is 0 Å². The van der Waals surface area contributed by atoms with Crippen LogP contribution >= 0.6 is 15.9 Å². The van der Waals surface area contributed by atoms with Gasteiger partial charge in [0.15, 0.2) is 0 Å². The smallest absolute Gasteiger partial charge is 0.337 e. The van der Waals surface area contributed by atoms with Crippen molar-refractivity contribution in [1.29, 1.82) is 0 Å². The van der Waals surface area contributed by atoms with E-state index in [4.69, 9.17) is 0 Å². The molecule has 0 aliphatic heterocycles. The van der Waals surface area contributed by atoms with Crippen molar-refractivity contribution in [2.24, 2.45) is 0 Å². The maximum absolute atomic E-state index is 12.0. The number of nitrogens with one attached hydrogen (secondary N) is 1. The van der Waals surface area contributed by atoms with Crippen LogP contribution in [0, 0.1) is 0 Å². The van der Waals surface area contributed by atoms with E-state index in [9.17, 15) is 9.59 Å². The number of carbonyl (C=O) groups excluding carboxylic acids is 2. The van der Waals surface area contributed by atoms with Crippen LogP contribution in [0.3, 0.4) is 0 Å². The number of ether oxygens (including phenoxy) is 1. The molecule has 0 atom stereocenters. The number of amides is 1. The second-order valence-electron chi connectivity index (χ2n) is 4.43. The van der Waals surface area contributed by atoms with Gasteiger partial charge in [0.2, 0.25) is 5.91 Å². The lowest BCUT2D eigenvalue weighted by Crippen LogP contribution is -2.15. The number of esters is 1. The van der Waals surface area contributed by atoms with E-state index in [-0.39, 0.29) is 12.3 Å². The molecule has 0 saturated carbocycles. The summed E-state index contributed by atoms with van der Waals surface area (Å²) in [6.45, 7) is 0. The van der Waals surface area contributed by atoms with E-state index in [0.717, 1.165) is 5.56 Å². The molecule has 0 aliphatic rings. The summed E-state index contributed by atoms with van der Waals surface area (Å²) in [6, 6.07) is 14.4. The first-order valence-corrected chi connectivity index (χ1v) is 7.10. The van der Waals surface area contributed by atoms with Gasteiger partial charge in [-0.15, -0.1) is 0 Å². The number of halogens is 1. The van der Waals surface area contributed by atoms with Crippen LogP contribution in [-0.4, -0.2) is 19.0 Å². The van der Waals surface area contributed by atoms with Gasteiger partial charge >= 0.3 is 5.97 Å². The Morgan fingerprint density at radius 2 is 1.86 bits per heavy atom. The topological polar surface area (TPSA) is 55.4 Å². The van der Waals surface area contributed by atoms with E-state index < -0.39 is 5.97 Å².